The van der Waals surface area contributed by atoms with Crippen LogP contribution in [0.3, 0.4) is 0 Å². The van der Waals surface area contributed by atoms with Crippen molar-refractivity contribution in [2.24, 2.45) is 16.3 Å². The zero-order valence-electron chi connectivity index (χ0n) is 11.9. The lowest BCUT2D eigenvalue weighted by atomic mass is 9.67. The summed E-state index contributed by atoms with van der Waals surface area (Å²) < 4.78 is 0. The first-order valence-electron chi connectivity index (χ1n) is 6.63. The molecule has 1 amide bonds. The van der Waals surface area contributed by atoms with Crippen molar-refractivity contribution in [3.8, 4) is 0 Å². The average Bonchev–Trinajstić information content (AvgIpc) is 2.66. The van der Waals surface area contributed by atoms with Gasteiger partial charge in [0.2, 0.25) is 5.91 Å². The zero-order chi connectivity index (χ0) is 14.9. The number of hydrogen-bond donors (Lipinski definition) is 3. The first kappa shape index (κ1) is 14.8. The van der Waals surface area contributed by atoms with E-state index in [1.165, 1.54) is 0 Å². The van der Waals surface area contributed by atoms with Crippen molar-refractivity contribution in [2.75, 3.05) is 0 Å². The minimum atomic E-state index is -0.837. The number of carbonyl (C=O) groups is 1. The standard InChI is InChI=1S/C13H20N4O2S/c1-7-10(20-9(3)15-7)8(2)16-12(18)13(5-4-6-13)11(14)17-19/h8,19H,4-6H2,1-3H3,(H2,14,17)(H,16,18). The molecule has 1 aliphatic rings. The fourth-order valence-electron chi connectivity index (χ4n) is 2.57. The molecule has 0 spiro atoms. The SMILES string of the molecule is Cc1nc(C)c(C(C)NC(=O)C2(C(N)=NO)CCC2)s1. The number of rotatable bonds is 4. The van der Waals surface area contributed by atoms with Crippen LogP contribution in [0.25, 0.3) is 0 Å². The number of nitrogens with one attached hydrogen (secondary N) is 1. The molecule has 1 fully saturated rings. The predicted molar refractivity (Wildman–Crippen MR) is 77.8 cm³/mol. The van der Waals surface area contributed by atoms with E-state index in [0.717, 1.165) is 22.0 Å². The number of hydrogen-bond acceptors (Lipinski definition) is 5. The number of aromatic nitrogens is 1. The Bertz CT molecular complexity index is 549. The van der Waals surface area contributed by atoms with Crippen molar-refractivity contribution in [2.45, 2.75) is 46.1 Å². The Hall–Kier alpha value is -1.63. The highest BCUT2D eigenvalue weighted by Gasteiger charge is 2.48. The molecule has 1 aliphatic carbocycles. The molecule has 20 heavy (non-hydrogen) atoms. The van der Waals surface area contributed by atoms with Crippen LogP contribution in [0, 0.1) is 19.3 Å². The number of amides is 1. The van der Waals surface area contributed by atoms with Crippen LogP contribution < -0.4 is 11.1 Å². The Morgan fingerprint density at radius 2 is 2.20 bits per heavy atom. The first-order valence-corrected chi connectivity index (χ1v) is 7.45. The first-order chi connectivity index (χ1) is 9.40. The number of amidine groups is 1. The third-order valence-electron chi connectivity index (χ3n) is 3.92. The van der Waals surface area contributed by atoms with Gasteiger partial charge in [0.15, 0.2) is 5.84 Å². The van der Waals surface area contributed by atoms with Gasteiger partial charge in [-0.1, -0.05) is 11.6 Å². The monoisotopic (exact) mass is 296 g/mol. The van der Waals surface area contributed by atoms with Gasteiger partial charge in [0.25, 0.3) is 0 Å². The van der Waals surface area contributed by atoms with Gasteiger partial charge in [-0.3, -0.25) is 4.79 Å². The molecule has 0 saturated heterocycles. The number of oxime groups is 1. The van der Waals surface area contributed by atoms with Gasteiger partial charge in [0, 0.05) is 4.88 Å². The molecule has 1 atom stereocenters. The van der Waals surface area contributed by atoms with E-state index in [-0.39, 0.29) is 17.8 Å². The van der Waals surface area contributed by atoms with E-state index in [9.17, 15) is 4.79 Å². The molecule has 1 saturated carbocycles. The highest BCUT2D eigenvalue weighted by molar-refractivity contribution is 7.11. The molecule has 7 heteroatoms. The largest absolute Gasteiger partial charge is 0.409 e. The van der Waals surface area contributed by atoms with Gasteiger partial charge in [-0.2, -0.15) is 0 Å². The van der Waals surface area contributed by atoms with Gasteiger partial charge in [-0.25, -0.2) is 4.98 Å². The molecule has 0 aliphatic heterocycles. The molecule has 1 aromatic rings. The van der Waals surface area contributed by atoms with Gasteiger partial charge >= 0.3 is 0 Å². The van der Waals surface area contributed by atoms with Crippen molar-refractivity contribution in [3.05, 3.63) is 15.6 Å². The Morgan fingerprint density at radius 1 is 1.55 bits per heavy atom. The molecular formula is C13H20N4O2S. The maximum Gasteiger partial charge on any atom is 0.234 e. The van der Waals surface area contributed by atoms with Crippen LogP contribution in [0.4, 0.5) is 0 Å². The Labute approximate surface area is 122 Å². The Kier molecular flexibility index (Phi) is 3.99. The van der Waals surface area contributed by atoms with Crippen LogP contribution in [0.1, 0.15) is 47.8 Å². The third kappa shape index (κ3) is 2.37. The summed E-state index contributed by atoms with van der Waals surface area (Å²) in [5.74, 6) is -0.164. The summed E-state index contributed by atoms with van der Waals surface area (Å²) in [5.41, 5.74) is 5.79. The summed E-state index contributed by atoms with van der Waals surface area (Å²) in [6.07, 6.45) is 2.17. The van der Waals surface area contributed by atoms with Crippen LogP contribution in [0.15, 0.2) is 5.16 Å². The Morgan fingerprint density at radius 3 is 2.60 bits per heavy atom. The smallest absolute Gasteiger partial charge is 0.234 e. The molecule has 0 radical (unpaired) electrons. The molecule has 4 N–H and O–H groups in total. The van der Waals surface area contributed by atoms with E-state index in [4.69, 9.17) is 10.9 Å². The second-order valence-corrected chi connectivity index (χ2v) is 6.53. The lowest BCUT2D eigenvalue weighted by molar-refractivity contribution is -0.131. The minimum Gasteiger partial charge on any atom is -0.409 e. The fourth-order valence-corrected chi connectivity index (χ4v) is 3.50. The quantitative estimate of drug-likeness (QED) is 0.341. The van der Waals surface area contributed by atoms with Gasteiger partial charge < -0.3 is 16.3 Å². The normalized spacial score (nSPS) is 19.2. The number of thiazole rings is 1. The molecule has 1 heterocycles. The van der Waals surface area contributed by atoms with E-state index in [2.05, 4.69) is 15.5 Å². The van der Waals surface area contributed by atoms with E-state index >= 15 is 0 Å². The molecular weight excluding hydrogens is 276 g/mol. The zero-order valence-corrected chi connectivity index (χ0v) is 12.8. The maximum atomic E-state index is 12.5. The summed E-state index contributed by atoms with van der Waals surface area (Å²) in [5, 5.41) is 15.8. The van der Waals surface area contributed by atoms with Gasteiger partial charge in [0.1, 0.15) is 5.41 Å². The number of aryl methyl sites for hydroxylation is 2. The Balaban J connectivity index is 2.13. The summed E-state index contributed by atoms with van der Waals surface area (Å²) in [6.45, 7) is 5.81. The van der Waals surface area contributed by atoms with Crippen LogP contribution >= 0.6 is 11.3 Å². The van der Waals surface area contributed by atoms with Gasteiger partial charge in [0.05, 0.1) is 16.7 Å². The van der Waals surface area contributed by atoms with Crippen LogP contribution in [-0.2, 0) is 4.79 Å². The van der Waals surface area contributed by atoms with Crippen molar-refractivity contribution in [3.63, 3.8) is 0 Å². The highest BCUT2D eigenvalue weighted by atomic mass is 32.1. The summed E-state index contributed by atoms with van der Waals surface area (Å²) in [6, 6.07) is -0.127. The molecule has 0 bridgehead atoms. The summed E-state index contributed by atoms with van der Waals surface area (Å²) in [4.78, 5) is 17.9. The number of nitrogens with zero attached hydrogens (tertiary/aromatic N) is 2. The second-order valence-electron chi connectivity index (χ2n) is 5.30. The molecule has 6 nitrogen and oxygen atoms in total. The molecule has 1 aromatic heterocycles. The molecule has 1 unspecified atom stereocenters. The average molecular weight is 296 g/mol. The minimum absolute atomic E-state index is 0.00524. The van der Waals surface area contributed by atoms with E-state index < -0.39 is 5.41 Å². The van der Waals surface area contributed by atoms with E-state index in [1.807, 2.05) is 20.8 Å². The predicted octanol–water partition coefficient (Wildman–Crippen LogP) is 1.85. The van der Waals surface area contributed by atoms with Crippen molar-refractivity contribution < 1.29 is 10.0 Å². The van der Waals surface area contributed by atoms with E-state index in [0.29, 0.717) is 12.8 Å². The van der Waals surface area contributed by atoms with Crippen molar-refractivity contribution in [1.29, 1.82) is 0 Å². The summed E-state index contributed by atoms with van der Waals surface area (Å²) in [7, 11) is 0. The topological polar surface area (TPSA) is 101 Å². The fraction of sp³-hybridized carbons (Fsp3) is 0.615. The van der Waals surface area contributed by atoms with Gasteiger partial charge in [-0.05, 0) is 33.6 Å². The van der Waals surface area contributed by atoms with Crippen molar-refractivity contribution >= 4 is 23.1 Å². The van der Waals surface area contributed by atoms with Crippen LogP contribution in [-0.4, -0.2) is 21.9 Å². The number of nitrogens with two attached hydrogens (primary N) is 1. The van der Waals surface area contributed by atoms with Crippen LogP contribution in [0.5, 0.6) is 0 Å². The third-order valence-corrected chi connectivity index (χ3v) is 5.18. The lowest BCUT2D eigenvalue weighted by Gasteiger charge is -2.39. The maximum absolute atomic E-state index is 12.5. The van der Waals surface area contributed by atoms with Gasteiger partial charge in [-0.15, -0.1) is 11.3 Å². The van der Waals surface area contributed by atoms with E-state index in [1.54, 1.807) is 11.3 Å². The lowest BCUT2D eigenvalue weighted by Crippen LogP contribution is -2.54. The molecule has 2 rings (SSSR count). The highest BCUT2D eigenvalue weighted by Crippen LogP contribution is 2.42. The second kappa shape index (κ2) is 5.40. The summed E-state index contributed by atoms with van der Waals surface area (Å²) >= 11 is 1.58. The number of carbonyl (C=O) groups excluding carboxylic acids is 1. The van der Waals surface area contributed by atoms with Crippen molar-refractivity contribution in [1.82, 2.24) is 10.3 Å². The molecule has 0 aromatic carbocycles. The van der Waals surface area contributed by atoms with Crippen LogP contribution in [0.2, 0.25) is 0 Å². The molecule has 110 valence electrons.